The summed E-state index contributed by atoms with van der Waals surface area (Å²) in [6.45, 7) is 12.0. The van der Waals surface area contributed by atoms with Crippen molar-refractivity contribution in [3.05, 3.63) is 71.9 Å². The van der Waals surface area contributed by atoms with Crippen molar-refractivity contribution in [3.8, 4) is 5.75 Å². The molecule has 0 aliphatic rings. The van der Waals surface area contributed by atoms with E-state index in [0.717, 1.165) is 35.3 Å². The molecule has 0 fully saturated rings. The van der Waals surface area contributed by atoms with Gasteiger partial charge in [0.2, 0.25) is 0 Å². The quantitative estimate of drug-likeness (QED) is 0.284. The average molecular weight is 463 g/mol. The lowest BCUT2D eigenvalue weighted by atomic mass is 10.1. The van der Waals surface area contributed by atoms with Crippen LogP contribution in [0.5, 0.6) is 5.75 Å². The number of aromatic nitrogens is 1. The minimum atomic E-state index is -0.480. The highest BCUT2D eigenvalue weighted by Crippen LogP contribution is 2.23. The summed E-state index contributed by atoms with van der Waals surface area (Å²) >= 11 is 0. The molecule has 5 nitrogen and oxygen atoms in total. The van der Waals surface area contributed by atoms with E-state index in [9.17, 15) is 9.90 Å². The van der Waals surface area contributed by atoms with Crippen LogP contribution in [0, 0.1) is 11.8 Å². The van der Waals surface area contributed by atoms with Gasteiger partial charge in [-0.1, -0.05) is 45.9 Å². The fraction of sp³-hybridized carbons (Fsp3) is 0.414. The molecule has 1 aromatic heterocycles. The van der Waals surface area contributed by atoms with Gasteiger partial charge in [-0.2, -0.15) is 0 Å². The summed E-state index contributed by atoms with van der Waals surface area (Å²) in [4.78, 5) is 15.0. The zero-order valence-corrected chi connectivity index (χ0v) is 21.1. The molecule has 3 aromatic rings. The smallest absolute Gasteiger partial charge is 0.185 e. The molecule has 0 amide bonds. The van der Waals surface area contributed by atoms with Gasteiger partial charge in [0.25, 0.3) is 0 Å². The van der Waals surface area contributed by atoms with Gasteiger partial charge in [-0.15, -0.1) is 0 Å². The number of ether oxygens (including phenoxy) is 1. The Morgan fingerprint density at radius 3 is 2.26 bits per heavy atom. The molecule has 0 aliphatic heterocycles. The number of aliphatic hydroxyl groups excluding tert-OH is 1. The number of hydrogen-bond donors (Lipinski definition) is 1. The van der Waals surface area contributed by atoms with Crippen LogP contribution in [0.1, 0.15) is 43.6 Å². The van der Waals surface area contributed by atoms with Crippen LogP contribution in [0.15, 0.2) is 60.8 Å². The van der Waals surface area contributed by atoms with Gasteiger partial charge in [-0.3, -0.25) is 4.79 Å². The highest BCUT2D eigenvalue weighted by Gasteiger charge is 2.16. The van der Waals surface area contributed by atoms with E-state index in [2.05, 4.69) is 49.3 Å². The first-order valence-electron chi connectivity index (χ1n) is 12.1. The largest absolute Gasteiger partial charge is 0.497 e. The second-order valence-corrected chi connectivity index (χ2v) is 9.84. The van der Waals surface area contributed by atoms with Gasteiger partial charge < -0.3 is 19.3 Å². The summed E-state index contributed by atoms with van der Waals surface area (Å²) in [5.74, 6) is 1.77. The molecule has 0 bridgehead atoms. The molecule has 1 atom stereocenters. The number of aliphatic hydroxyl groups is 1. The molecule has 5 heteroatoms. The van der Waals surface area contributed by atoms with Crippen molar-refractivity contribution in [3.63, 3.8) is 0 Å². The Balaban J connectivity index is 1.77. The summed E-state index contributed by atoms with van der Waals surface area (Å²) in [7, 11) is 1.61. The van der Waals surface area contributed by atoms with E-state index in [4.69, 9.17) is 4.74 Å². The second kappa shape index (κ2) is 12.0. The zero-order valence-electron chi connectivity index (χ0n) is 21.1. The Kier molecular flexibility index (Phi) is 9.08. The first kappa shape index (κ1) is 25.7. The Hall–Kier alpha value is -2.89. The molecule has 0 aliphatic carbocycles. The number of hydrogen-bond acceptors (Lipinski definition) is 4. The summed E-state index contributed by atoms with van der Waals surface area (Å²) in [5, 5.41) is 12.0. The molecule has 0 radical (unpaired) electrons. The van der Waals surface area contributed by atoms with Crippen molar-refractivity contribution in [2.75, 3.05) is 26.7 Å². The highest BCUT2D eigenvalue weighted by atomic mass is 16.5. The number of allylic oxidation sites excluding steroid dienone is 1. The Morgan fingerprint density at radius 1 is 1.00 bits per heavy atom. The molecule has 34 heavy (non-hydrogen) atoms. The van der Waals surface area contributed by atoms with E-state index in [-0.39, 0.29) is 5.78 Å². The van der Waals surface area contributed by atoms with E-state index in [1.54, 1.807) is 37.5 Å². The lowest BCUT2D eigenvalue weighted by Crippen LogP contribution is -2.39. The minimum Gasteiger partial charge on any atom is -0.497 e. The van der Waals surface area contributed by atoms with Crippen LogP contribution in [0.25, 0.3) is 17.0 Å². The fourth-order valence-electron chi connectivity index (χ4n) is 4.42. The maximum absolute atomic E-state index is 12.7. The second-order valence-electron chi connectivity index (χ2n) is 9.84. The van der Waals surface area contributed by atoms with Gasteiger partial charge in [0.05, 0.1) is 13.2 Å². The van der Waals surface area contributed by atoms with Gasteiger partial charge in [0.15, 0.2) is 5.78 Å². The minimum absolute atomic E-state index is 0.0578. The van der Waals surface area contributed by atoms with Crippen molar-refractivity contribution in [1.29, 1.82) is 0 Å². The van der Waals surface area contributed by atoms with Crippen molar-refractivity contribution in [2.45, 2.75) is 40.3 Å². The number of ketones is 1. The first-order chi connectivity index (χ1) is 16.3. The monoisotopic (exact) mass is 462 g/mol. The molecule has 3 rings (SSSR count). The third-order valence-electron chi connectivity index (χ3n) is 5.73. The number of fused-ring (bicyclic) bond motifs is 1. The average Bonchev–Trinajstić information content (AvgIpc) is 3.14. The third kappa shape index (κ3) is 7.05. The van der Waals surface area contributed by atoms with Gasteiger partial charge in [-0.25, -0.2) is 0 Å². The number of carbonyl (C=O) groups excluding carboxylic acids is 1. The van der Waals surface area contributed by atoms with Crippen molar-refractivity contribution < 1.29 is 14.6 Å². The van der Waals surface area contributed by atoms with Crippen molar-refractivity contribution in [1.82, 2.24) is 9.47 Å². The number of carbonyl (C=O) groups is 1. The third-order valence-corrected chi connectivity index (χ3v) is 5.73. The van der Waals surface area contributed by atoms with E-state index < -0.39 is 6.10 Å². The maximum atomic E-state index is 12.7. The number of para-hydroxylation sites is 1. The first-order valence-corrected chi connectivity index (χ1v) is 12.1. The molecule has 182 valence electrons. The van der Waals surface area contributed by atoms with Crippen LogP contribution in [-0.4, -0.2) is 53.2 Å². The van der Waals surface area contributed by atoms with Crippen LogP contribution in [0.2, 0.25) is 0 Å². The SMILES string of the molecule is COc1ccc(C(=O)/C=C\c2cn(C[C@@H](O)CN(CC(C)C)CC(C)C)c3ccccc23)cc1. The Bertz CT molecular complexity index is 1090. The molecule has 0 saturated heterocycles. The molecule has 2 aromatic carbocycles. The number of methoxy groups -OCH3 is 1. The fourth-order valence-corrected chi connectivity index (χ4v) is 4.42. The molecular weight excluding hydrogens is 424 g/mol. The predicted molar refractivity (Wildman–Crippen MR) is 140 cm³/mol. The van der Waals surface area contributed by atoms with Gasteiger partial charge in [-0.05, 0) is 54.3 Å². The van der Waals surface area contributed by atoms with E-state index in [1.807, 2.05) is 24.4 Å². The normalized spacial score (nSPS) is 13.0. The lowest BCUT2D eigenvalue weighted by Gasteiger charge is -2.28. The van der Waals surface area contributed by atoms with E-state index >= 15 is 0 Å². The molecule has 0 unspecified atom stereocenters. The lowest BCUT2D eigenvalue weighted by molar-refractivity contribution is 0.0869. The van der Waals surface area contributed by atoms with Crippen LogP contribution < -0.4 is 4.74 Å². The maximum Gasteiger partial charge on any atom is 0.185 e. The predicted octanol–water partition coefficient (Wildman–Crippen LogP) is 5.52. The van der Waals surface area contributed by atoms with Gasteiger partial charge in [0.1, 0.15) is 5.75 Å². The van der Waals surface area contributed by atoms with Crippen molar-refractivity contribution in [2.24, 2.45) is 11.8 Å². The summed E-state index contributed by atoms with van der Waals surface area (Å²) < 4.78 is 7.26. The zero-order chi connectivity index (χ0) is 24.7. The Morgan fingerprint density at radius 2 is 1.65 bits per heavy atom. The standard InChI is InChI=1S/C29H38N2O3/c1-21(2)16-30(17-22(3)4)19-25(32)20-31-18-24(27-8-6-7-9-28(27)31)12-15-29(33)23-10-13-26(34-5)14-11-23/h6-15,18,21-22,25,32H,16-17,19-20H2,1-5H3/b15-12-/t25-/m0/s1. The van der Waals surface area contributed by atoms with Gasteiger partial charge >= 0.3 is 0 Å². The highest BCUT2D eigenvalue weighted by molar-refractivity contribution is 6.07. The van der Waals surface area contributed by atoms with Crippen LogP contribution in [-0.2, 0) is 6.54 Å². The van der Waals surface area contributed by atoms with E-state index in [0.29, 0.717) is 30.5 Å². The number of benzene rings is 2. The summed E-state index contributed by atoms with van der Waals surface area (Å²) in [6.07, 6.45) is 5.02. The van der Waals surface area contributed by atoms with E-state index in [1.165, 1.54) is 0 Å². The van der Waals surface area contributed by atoms with Gasteiger partial charge in [0, 0.05) is 54.4 Å². The number of nitrogens with zero attached hydrogens (tertiary/aromatic N) is 2. The molecule has 1 N–H and O–H groups in total. The van der Waals surface area contributed by atoms with Crippen molar-refractivity contribution >= 4 is 22.8 Å². The molecule has 1 heterocycles. The van der Waals surface area contributed by atoms with Crippen LogP contribution in [0.4, 0.5) is 0 Å². The molecule has 0 spiro atoms. The molecular formula is C29H38N2O3. The number of rotatable bonds is 12. The summed E-state index contributed by atoms with van der Waals surface area (Å²) in [5.41, 5.74) is 2.63. The van der Waals surface area contributed by atoms with Crippen LogP contribution >= 0.6 is 0 Å². The van der Waals surface area contributed by atoms with Crippen LogP contribution in [0.3, 0.4) is 0 Å². The topological polar surface area (TPSA) is 54.7 Å². The molecule has 0 saturated carbocycles. The Labute approximate surface area is 203 Å². The summed E-state index contributed by atoms with van der Waals surface area (Å²) in [6, 6.07) is 15.2.